The number of halogens is 3. The number of aromatic nitrogens is 2. The van der Waals surface area contributed by atoms with Crippen LogP contribution in [-0.4, -0.2) is 52.9 Å². The molecule has 1 amide bonds. The lowest BCUT2D eigenvalue weighted by Gasteiger charge is -2.20. The lowest BCUT2D eigenvalue weighted by molar-refractivity contribution is -0.137. The first kappa shape index (κ1) is 24.4. The third-order valence-electron chi connectivity index (χ3n) is 5.91. The molecule has 2 aliphatic heterocycles. The number of nitrogens with one attached hydrogen (secondary N) is 2. The molecular weight excluding hydrogens is 515 g/mol. The molecule has 0 saturated heterocycles. The molecule has 3 aromatic rings. The monoisotopic (exact) mass is 537 g/mol. The maximum atomic E-state index is 13.9. The Kier molecular flexibility index (Phi) is 6.73. The van der Waals surface area contributed by atoms with Gasteiger partial charge in [0.1, 0.15) is 10.4 Å². The van der Waals surface area contributed by atoms with Gasteiger partial charge in [-0.05, 0) is 48.5 Å². The van der Waals surface area contributed by atoms with E-state index in [-0.39, 0.29) is 17.5 Å². The smallest absolute Gasteiger partial charge is 0.340 e. The number of anilines is 2. The molecule has 0 bridgehead atoms. The fraction of sp³-hybridized carbons (Fsp3) is 0.348. The number of amides is 1. The zero-order valence-electron chi connectivity index (χ0n) is 19.0. The van der Waals surface area contributed by atoms with Crippen molar-refractivity contribution >= 4 is 52.4 Å². The SMILES string of the molecule is CSc1cc2c(cc1Nc1ncc(C(F)(F)F)c(-c3cc4c(s3)C(=O)N(C)CCS4)n1)CCNC2. The maximum Gasteiger partial charge on any atom is 0.420 e. The normalized spacial score (nSPS) is 16.0. The fourth-order valence-corrected chi connectivity index (χ4v) is 7.07. The van der Waals surface area contributed by atoms with Gasteiger partial charge in [-0.3, -0.25) is 4.79 Å². The predicted molar refractivity (Wildman–Crippen MR) is 135 cm³/mol. The Morgan fingerprint density at radius 3 is 2.83 bits per heavy atom. The average molecular weight is 538 g/mol. The molecule has 0 atom stereocenters. The van der Waals surface area contributed by atoms with Gasteiger partial charge in [-0.25, -0.2) is 9.97 Å². The van der Waals surface area contributed by atoms with Crippen molar-refractivity contribution in [2.24, 2.45) is 0 Å². The largest absolute Gasteiger partial charge is 0.420 e. The Balaban J connectivity index is 1.56. The molecule has 5 rings (SSSR count). The highest BCUT2D eigenvalue weighted by Gasteiger charge is 2.37. The van der Waals surface area contributed by atoms with E-state index >= 15 is 0 Å². The predicted octanol–water partition coefficient (Wildman–Crippen LogP) is 5.51. The van der Waals surface area contributed by atoms with E-state index in [4.69, 9.17) is 0 Å². The van der Waals surface area contributed by atoms with E-state index < -0.39 is 11.7 Å². The number of fused-ring (bicyclic) bond motifs is 2. The van der Waals surface area contributed by atoms with Crippen molar-refractivity contribution in [1.29, 1.82) is 0 Å². The van der Waals surface area contributed by atoms with Crippen LogP contribution in [0.4, 0.5) is 24.8 Å². The second-order valence-electron chi connectivity index (χ2n) is 8.21. The molecule has 12 heteroatoms. The number of carbonyl (C=O) groups excluding carboxylic acids is 1. The highest BCUT2D eigenvalue weighted by molar-refractivity contribution is 7.99. The highest BCUT2D eigenvalue weighted by atomic mass is 32.2. The molecule has 0 radical (unpaired) electrons. The standard InChI is InChI=1S/C23H22F3N5OS3/c1-31-5-6-34-18-9-17(35-20(18)21(31)32)19-14(23(24,25)26)11-28-22(30-19)29-15-7-12-3-4-27-10-13(12)8-16(15)33-2/h7-9,11,27H,3-6,10H2,1-2H3,(H,28,29,30). The van der Waals surface area contributed by atoms with Crippen LogP contribution in [0.3, 0.4) is 0 Å². The molecule has 2 N–H and O–H groups in total. The van der Waals surface area contributed by atoms with Crippen molar-refractivity contribution in [2.45, 2.75) is 28.9 Å². The summed E-state index contributed by atoms with van der Waals surface area (Å²) in [6.07, 6.45) is -0.991. The topological polar surface area (TPSA) is 70.2 Å². The summed E-state index contributed by atoms with van der Waals surface area (Å²) in [5, 5.41) is 6.49. The van der Waals surface area contributed by atoms with Crippen molar-refractivity contribution in [3.8, 4) is 10.6 Å². The minimum absolute atomic E-state index is 0.0804. The van der Waals surface area contributed by atoms with Gasteiger partial charge in [0.05, 0.1) is 16.3 Å². The van der Waals surface area contributed by atoms with Crippen LogP contribution in [-0.2, 0) is 19.1 Å². The molecule has 0 saturated carbocycles. The molecule has 2 aliphatic rings. The summed E-state index contributed by atoms with van der Waals surface area (Å²) in [5.41, 5.74) is 2.02. The van der Waals surface area contributed by atoms with Gasteiger partial charge in [-0.15, -0.1) is 34.9 Å². The van der Waals surface area contributed by atoms with Crippen LogP contribution in [0, 0.1) is 0 Å². The number of benzene rings is 1. The molecular formula is C23H22F3N5OS3. The Hall–Kier alpha value is -2.28. The number of thiophene rings is 1. The van der Waals surface area contributed by atoms with E-state index in [1.165, 1.54) is 22.9 Å². The van der Waals surface area contributed by atoms with E-state index in [1.807, 2.05) is 12.3 Å². The van der Waals surface area contributed by atoms with Gasteiger partial charge in [-0.1, -0.05) is 0 Å². The molecule has 2 aromatic heterocycles. The number of carbonyl (C=O) groups is 1. The summed E-state index contributed by atoms with van der Waals surface area (Å²) in [7, 11) is 1.70. The Morgan fingerprint density at radius 2 is 2.06 bits per heavy atom. The molecule has 1 aromatic carbocycles. The van der Waals surface area contributed by atoms with Crippen molar-refractivity contribution in [3.05, 3.63) is 46.0 Å². The zero-order chi connectivity index (χ0) is 24.7. The first-order chi connectivity index (χ1) is 16.7. The number of rotatable bonds is 4. The molecule has 6 nitrogen and oxygen atoms in total. The fourth-order valence-electron chi connectivity index (χ4n) is 4.05. The molecule has 4 heterocycles. The first-order valence-electron chi connectivity index (χ1n) is 10.9. The maximum absolute atomic E-state index is 13.9. The van der Waals surface area contributed by atoms with Gasteiger partial charge in [0.15, 0.2) is 0 Å². The van der Waals surface area contributed by atoms with Gasteiger partial charge < -0.3 is 15.5 Å². The summed E-state index contributed by atoms with van der Waals surface area (Å²) in [6.45, 7) is 2.25. The van der Waals surface area contributed by atoms with Crippen LogP contribution in [0.5, 0.6) is 0 Å². The van der Waals surface area contributed by atoms with Crippen LogP contribution in [0.2, 0.25) is 0 Å². The molecule has 0 aliphatic carbocycles. The quantitative estimate of drug-likeness (QED) is 0.425. The van der Waals surface area contributed by atoms with Crippen LogP contribution in [0.25, 0.3) is 10.6 Å². The number of nitrogens with zero attached hydrogens (tertiary/aromatic N) is 3. The van der Waals surface area contributed by atoms with E-state index in [0.717, 1.165) is 47.6 Å². The lowest BCUT2D eigenvalue weighted by atomic mass is 10.0. The minimum Gasteiger partial charge on any atom is -0.340 e. The van der Waals surface area contributed by atoms with Crippen molar-refractivity contribution in [1.82, 2.24) is 20.2 Å². The Labute approximate surface area is 213 Å². The summed E-state index contributed by atoms with van der Waals surface area (Å²) in [4.78, 5) is 25.0. The summed E-state index contributed by atoms with van der Waals surface area (Å²) < 4.78 is 41.7. The second kappa shape index (κ2) is 9.64. The van der Waals surface area contributed by atoms with Gasteiger partial charge in [0.2, 0.25) is 5.95 Å². The summed E-state index contributed by atoms with van der Waals surface area (Å²) >= 11 is 4.06. The van der Waals surface area contributed by atoms with Crippen molar-refractivity contribution < 1.29 is 18.0 Å². The molecule has 0 fully saturated rings. The van der Waals surface area contributed by atoms with E-state index in [2.05, 4.69) is 26.7 Å². The third-order valence-corrected chi connectivity index (χ3v) is 8.96. The van der Waals surface area contributed by atoms with E-state index in [0.29, 0.717) is 26.9 Å². The van der Waals surface area contributed by atoms with E-state index in [9.17, 15) is 18.0 Å². The van der Waals surface area contributed by atoms with Crippen LogP contribution in [0.15, 0.2) is 34.2 Å². The number of hydrogen-bond acceptors (Lipinski definition) is 8. The third kappa shape index (κ3) is 4.89. The van der Waals surface area contributed by atoms with Crippen LogP contribution >= 0.6 is 34.9 Å². The lowest BCUT2D eigenvalue weighted by Crippen LogP contribution is -2.26. The first-order valence-corrected chi connectivity index (χ1v) is 13.9. The summed E-state index contributed by atoms with van der Waals surface area (Å²) in [5.74, 6) is 0.576. The van der Waals surface area contributed by atoms with E-state index in [1.54, 1.807) is 29.8 Å². The molecule has 0 unspecified atom stereocenters. The summed E-state index contributed by atoms with van der Waals surface area (Å²) in [6, 6.07) is 5.76. The zero-order valence-corrected chi connectivity index (χ0v) is 21.4. The second-order valence-corrected chi connectivity index (χ2v) is 11.2. The van der Waals surface area contributed by atoms with Gasteiger partial charge >= 0.3 is 6.18 Å². The number of alkyl halides is 3. The number of thioether (sulfide) groups is 2. The Morgan fingerprint density at radius 1 is 1.23 bits per heavy atom. The molecule has 0 spiro atoms. The van der Waals surface area contributed by atoms with Crippen LogP contribution < -0.4 is 10.6 Å². The van der Waals surface area contributed by atoms with Crippen molar-refractivity contribution in [3.63, 3.8) is 0 Å². The highest BCUT2D eigenvalue weighted by Crippen LogP contribution is 2.43. The number of hydrogen-bond donors (Lipinski definition) is 2. The minimum atomic E-state index is -4.63. The van der Waals surface area contributed by atoms with Gasteiger partial charge in [0.25, 0.3) is 5.91 Å². The van der Waals surface area contributed by atoms with Crippen LogP contribution in [0.1, 0.15) is 26.4 Å². The molecule has 184 valence electrons. The van der Waals surface area contributed by atoms with Crippen molar-refractivity contribution in [2.75, 3.05) is 37.5 Å². The van der Waals surface area contributed by atoms with Gasteiger partial charge in [-0.2, -0.15) is 13.2 Å². The van der Waals surface area contributed by atoms with Gasteiger partial charge in [0, 0.05) is 41.9 Å². The average Bonchev–Trinajstić information content (AvgIpc) is 3.21. The molecule has 35 heavy (non-hydrogen) atoms. The Bertz CT molecular complexity index is 1290.